The van der Waals surface area contributed by atoms with Crippen LogP contribution in [0.15, 0.2) is 12.2 Å². The lowest BCUT2D eigenvalue weighted by Gasteiger charge is -2.09. The second-order valence-electron chi connectivity index (χ2n) is 2.51. The Kier molecular flexibility index (Phi) is 0.706. The summed E-state index contributed by atoms with van der Waals surface area (Å²) in [5.74, 6) is -3.57. The Morgan fingerprint density at radius 3 is 1.67 bits per heavy atom. The van der Waals surface area contributed by atoms with E-state index in [1.807, 2.05) is 0 Å². The molecule has 2 rings (SSSR count). The van der Waals surface area contributed by atoms with Crippen LogP contribution in [0.4, 0.5) is 8.78 Å². The SMILES string of the molecule is FC12C=CC(F)(CC1)O2. The van der Waals surface area contributed by atoms with Gasteiger partial charge >= 0.3 is 0 Å². The summed E-state index contributed by atoms with van der Waals surface area (Å²) in [6, 6.07) is 0. The van der Waals surface area contributed by atoms with Crippen molar-refractivity contribution in [1.82, 2.24) is 0 Å². The maximum atomic E-state index is 12.8. The number of alkyl halides is 2. The standard InChI is InChI=1S/C6H6F2O/c7-5-1-2-6(8,9-5)4-3-5/h1-2H,3-4H2. The fraction of sp³-hybridized carbons (Fsp3) is 0.667. The van der Waals surface area contributed by atoms with Crippen molar-refractivity contribution in [3.63, 3.8) is 0 Å². The molecule has 0 spiro atoms. The smallest absolute Gasteiger partial charge is 0.231 e. The maximum Gasteiger partial charge on any atom is 0.231 e. The molecule has 0 aromatic heterocycles. The Bertz CT molecular complexity index is 162. The highest BCUT2D eigenvalue weighted by atomic mass is 19.2. The van der Waals surface area contributed by atoms with E-state index in [-0.39, 0.29) is 12.8 Å². The van der Waals surface area contributed by atoms with Crippen molar-refractivity contribution < 1.29 is 13.5 Å². The quantitative estimate of drug-likeness (QED) is 0.456. The van der Waals surface area contributed by atoms with Crippen LogP contribution in [0.1, 0.15) is 12.8 Å². The zero-order chi connectivity index (χ0) is 6.54. The molecule has 0 saturated carbocycles. The Morgan fingerprint density at radius 2 is 1.56 bits per heavy atom. The van der Waals surface area contributed by atoms with Crippen LogP contribution >= 0.6 is 0 Å². The predicted octanol–water partition coefficient (Wildman–Crippen LogP) is 1.70. The second-order valence-corrected chi connectivity index (χ2v) is 2.51. The second kappa shape index (κ2) is 1.19. The third-order valence-corrected chi connectivity index (χ3v) is 1.73. The summed E-state index contributed by atoms with van der Waals surface area (Å²) in [7, 11) is 0. The van der Waals surface area contributed by atoms with Gasteiger partial charge in [0.15, 0.2) is 0 Å². The Hall–Kier alpha value is -0.440. The third kappa shape index (κ3) is 0.611. The summed E-state index contributed by atoms with van der Waals surface area (Å²) in [6.07, 6.45) is 2.60. The first kappa shape index (κ1) is 5.35. The van der Waals surface area contributed by atoms with Gasteiger partial charge in [0.2, 0.25) is 11.7 Å². The van der Waals surface area contributed by atoms with Crippen molar-refractivity contribution in [1.29, 1.82) is 0 Å². The van der Waals surface area contributed by atoms with Crippen molar-refractivity contribution in [2.45, 2.75) is 24.6 Å². The van der Waals surface area contributed by atoms with Crippen LogP contribution < -0.4 is 0 Å². The number of fused-ring (bicyclic) bond motifs is 2. The van der Waals surface area contributed by atoms with E-state index >= 15 is 0 Å². The zero-order valence-corrected chi connectivity index (χ0v) is 4.73. The first-order valence-electron chi connectivity index (χ1n) is 2.90. The highest BCUT2D eigenvalue weighted by Crippen LogP contribution is 2.47. The molecule has 2 aliphatic heterocycles. The highest BCUT2D eigenvalue weighted by molar-refractivity contribution is 5.16. The van der Waals surface area contributed by atoms with Gasteiger partial charge in [0.1, 0.15) is 0 Å². The molecular weight excluding hydrogens is 126 g/mol. The van der Waals surface area contributed by atoms with Crippen LogP contribution in [0, 0.1) is 0 Å². The number of halogens is 2. The maximum absolute atomic E-state index is 12.8. The van der Waals surface area contributed by atoms with Gasteiger partial charge in [0.05, 0.1) is 0 Å². The van der Waals surface area contributed by atoms with Crippen molar-refractivity contribution in [3.8, 4) is 0 Å². The molecule has 3 heteroatoms. The van der Waals surface area contributed by atoms with Gasteiger partial charge in [-0.3, -0.25) is 0 Å². The predicted molar refractivity (Wildman–Crippen MR) is 27.1 cm³/mol. The molecule has 2 bridgehead atoms. The number of ether oxygens (including phenoxy) is 1. The Balaban J connectivity index is 2.37. The van der Waals surface area contributed by atoms with Crippen molar-refractivity contribution in [2.24, 2.45) is 0 Å². The lowest BCUT2D eigenvalue weighted by atomic mass is 10.1. The molecule has 1 saturated heterocycles. The average molecular weight is 132 g/mol. The summed E-state index contributed by atoms with van der Waals surface area (Å²) >= 11 is 0. The molecule has 0 aromatic rings. The number of rotatable bonds is 0. The fourth-order valence-corrected chi connectivity index (χ4v) is 1.21. The van der Waals surface area contributed by atoms with Gasteiger partial charge in [0, 0.05) is 12.8 Å². The van der Waals surface area contributed by atoms with E-state index in [1.165, 1.54) is 0 Å². The molecule has 2 heterocycles. The molecular formula is C6H6F2O. The van der Waals surface area contributed by atoms with Crippen LogP contribution in [-0.4, -0.2) is 11.7 Å². The van der Waals surface area contributed by atoms with Crippen LogP contribution in [0.5, 0.6) is 0 Å². The summed E-state index contributed by atoms with van der Waals surface area (Å²) < 4.78 is 30.0. The van der Waals surface area contributed by atoms with E-state index in [0.717, 1.165) is 12.2 Å². The van der Waals surface area contributed by atoms with Gasteiger partial charge in [-0.2, -0.15) is 0 Å². The van der Waals surface area contributed by atoms with Crippen LogP contribution in [0.2, 0.25) is 0 Å². The largest absolute Gasteiger partial charge is 0.302 e. The summed E-state index contributed by atoms with van der Waals surface area (Å²) in [4.78, 5) is 0. The van der Waals surface area contributed by atoms with Crippen LogP contribution in [0.3, 0.4) is 0 Å². The molecule has 50 valence electrons. The van der Waals surface area contributed by atoms with Crippen molar-refractivity contribution >= 4 is 0 Å². The minimum absolute atomic E-state index is 0.153. The third-order valence-electron chi connectivity index (χ3n) is 1.73. The molecule has 0 N–H and O–H groups in total. The molecule has 0 amide bonds. The molecule has 2 aliphatic rings. The molecule has 9 heavy (non-hydrogen) atoms. The molecule has 1 nitrogen and oxygen atoms in total. The monoisotopic (exact) mass is 132 g/mol. The van der Waals surface area contributed by atoms with Gasteiger partial charge in [-0.15, -0.1) is 0 Å². The highest BCUT2D eigenvalue weighted by Gasteiger charge is 2.52. The zero-order valence-electron chi connectivity index (χ0n) is 4.73. The van der Waals surface area contributed by atoms with E-state index in [2.05, 4.69) is 4.74 Å². The fourth-order valence-electron chi connectivity index (χ4n) is 1.21. The van der Waals surface area contributed by atoms with Gasteiger partial charge < -0.3 is 4.74 Å². The molecule has 0 radical (unpaired) electrons. The normalized spacial score (nSPS) is 54.9. The van der Waals surface area contributed by atoms with Gasteiger partial charge in [-0.05, 0) is 12.2 Å². The van der Waals surface area contributed by atoms with Gasteiger partial charge in [0.25, 0.3) is 0 Å². The molecule has 2 atom stereocenters. The van der Waals surface area contributed by atoms with E-state index < -0.39 is 11.7 Å². The lowest BCUT2D eigenvalue weighted by molar-refractivity contribution is -0.160. The topological polar surface area (TPSA) is 9.23 Å². The first-order valence-corrected chi connectivity index (χ1v) is 2.90. The van der Waals surface area contributed by atoms with Crippen molar-refractivity contribution in [3.05, 3.63) is 12.2 Å². The van der Waals surface area contributed by atoms with Gasteiger partial charge in [-0.25, -0.2) is 8.78 Å². The van der Waals surface area contributed by atoms with E-state index in [0.29, 0.717) is 0 Å². The Labute approximate surface area is 51.3 Å². The summed E-state index contributed by atoms with van der Waals surface area (Å²) in [5.41, 5.74) is 0. The van der Waals surface area contributed by atoms with E-state index in [4.69, 9.17) is 0 Å². The Morgan fingerprint density at radius 1 is 1.11 bits per heavy atom. The summed E-state index contributed by atoms with van der Waals surface area (Å²) in [5, 5.41) is 0. The number of hydrogen-bond donors (Lipinski definition) is 0. The minimum atomic E-state index is -1.78. The van der Waals surface area contributed by atoms with E-state index in [1.54, 1.807) is 0 Å². The average Bonchev–Trinajstić information content (AvgIpc) is 2.19. The molecule has 0 aliphatic carbocycles. The van der Waals surface area contributed by atoms with E-state index in [9.17, 15) is 8.78 Å². The van der Waals surface area contributed by atoms with Crippen LogP contribution in [0.25, 0.3) is 0 Å². The van der Waals surface area contributed by atoms with Crippen LogP contribution in [-0.2, 0) is 4.74 Å². The molecule has 0 aromatic carbocycles. The molecule has 2 unspecified atom stereocenters. The van der Waals surface area contributed by atoms with Crippen molar-refractivity contribution in [2.75, 3.05) is 0 Å². The summed E-state index contributed by atoms with van der Waals surface area (Å²) in [6.45, 7) is 0. The van der Waals surface area contributed by atoms with Gasteiger partial charge in [-0.1, -0.05) is 0 Å². The molecule has 1 fully saturated rings. The number of hydrogen-bond acceptors (Lipinski definition) is 1. The first-order chi connectivity index (χ1) is 4.12. The lowest BCUT2D eigenvalue weighted by Crippen LogP contribution is -2.17. The minimum Gasteiger partial charge on any atom is -0.302 e.